The quantitative estimate of drug-likeness (QED) is 0.761. The summed E-state index contributed by atoms with van der Waals surface area (Å²) in [5.74, 6) is 0. The third kappa shape index (κ3) is 2.81. The number of benzene rings is 1. The van der Waals surface area contributed by atoms with Gasteiger partial charge < -0.3 is 5.11 Å². The molecule has 1 aromatic carbocycles. The molecule has 13 heavy (non-hydrogen) atoms. The third-order valence-corrected chi connectivity index (χ3v) is 2.08. The van der Waals surface area contributed by atoms with E-state index in [2.05, 4.69) is 0 Å². The van der Waals surface area contributed by atoms with Gasteiger partial charge in [-0.1, -0.05) is 18.2 Å². The summed E-state index contributed by atoms with van der Waals surface area (Å²) in [4.78, 5) is 0. The van der Waals surface area contributed by atoms with Crippen LogP contribution in [-0.2, 0) is 13.1 Å². The van der Waals surface area contributed by atoms with E-state index in [1.54, 1.807) is 13.0 Å². The van der Waals surface area contributed by atoms with E-state index in [0.29, 0.717) is 12.0 Å². The molecule has 0 bridgehead atoms. The topological polar surface area (TPSA) is 20.2 Å². The van der Waals surface area contributed by atoms with Crippen molar-refractivity contribution in [1.29, 1.82) is 0 Å². The first-order chi connectivity index (χ1) is 6.13. The highest BCUT2D eigenvalue weighted by atomic mass is 19.1. The molecular formula is C11H15FO. The Morgan fingerprint density at radius 3 is 2.69 bits per heavy atom. The van der Waals surface area contributed by atoms with E-state index in [1.165, 1.54) is 0 Å². The van der Waals surface area contributed by atoms with E-state index in [0.717, 1.165) is 11.1 Å². The SMILES string of the molecule is Cc1ccc(CF)cc1CC(C)O. The molecule has 1 nitrogen and oxygen atoms in total. The van der Waals surface area contributed by atoms with Crippen LogP contribution in [0.3, 0.4) is 0 Å². The lowest BCUT2D eigenvalue weighted by Gasteiger charge is -2.09. The highest BCUT2D eigenvalue weighted by Gasteiger charge is 2.03. The summed E-state index contributed by atoms with van der Waals surface area (Å²) in [5, 5.41) is 9.20. The molecule has 1 rings (SSSR count). The van der Waals surface area contributed by atoms with Crippen LogP contribution in [0.15, 0.2) is 18.2 Å². The van der Waals surface area contributed by atoms with Crippen molar-refractivity contribution in [2.45, 2.75) is 33.0 Å². The van der Waals surface area contributed by atoms with Crippen LogP contribution in [0.1, 0.15) is 23.6 Å². The van der Waals surface area contributed by atoms with Crippen LogP contribution < -0.4 is 0 Å². The summed E-state index contributed by atoms with van der Waals surface area (Å²) in [6, 6.07) is 5.50. The predicted octanol–water partition coefficient (Wildman–Crippen LogP) is 2.39. The fourth-order valence-corrected chi connectivity index (χ4v) is 1.35. The Labute approximate surface area is 78.2 Å². The maximum absolute atomic E-state index is 12.3. The zero-order chi connectivity index (χ0) is 9.84. The normalized spacial score (nSPS) is 12.9. The van der Waals surface area contributed by atoms with Gasteiger partial charge in [-0.25, -0.2) is 4.39 Å². The van der Waals surface area contributed by atoms with Crippen molar-refractivity contribution in [2.75, 3.05) is 0 Å². The molecule has 0 aliphatic rings. The molecule has 1 N–H and O–H groups in total. The third-order valence-electron chi connectivity index (χ3n) is 2.08. The van der Waals surface area contributed by atoms with Crippen molar-refractivity contribution in [3.05, 3.63) is 34.9 Å². The number of rotatable bonds is 3. The van der Waals surface area contributed by atoms with Crippen molar-refractivity contribution in [2.24, 2.45) is 0 Å². The Bertz CT molecular complexity index is 281. The number of aliphatic hydroxyl groups excluding tert-OH is 1. The van der Waals surface area contributed by atoms with Gasteiger partial charge in [-0.15, -0.1) is 0 Å². The average molecular weight is 182 g/mol. The molecule has 0 radical (unpaired) electrons. The Balaban J connectivity index is 2.90. The fourth-order valence-electron chi connectivity index (χ4n) is 1.35. The molecule has 1 atom stereocenters. The molecule has 72 valence electrons. The molecule has 0 amide bonds. The van der Waals surface area contributed by atoms with E-state index >= 15 is 0 Å². The number of aliphatic hydroxyl groups is 1. The Kier molecular flexibility index (Phi) is 3.43. The zero-order valence-corrected chi connectivity index (χ0v) is 8.05. The summed E-state index contributed by atoms with van der Waals surface area (Å²) in [6.07, 6.45) is 0.230. The van der Waals surface area contributed by atoms with Gasteiger partial charge in [0.25, 0.3) is 0 Å². The van der Waals surface area contributed by atoms with Gasteiger partial charge >= 0.3 is 0 Å². The lowest BCUT2D eigenvalue weighted by Crippen LogP contribution is -2.05. The molecule has 1 aromatic rings. The first-order valence-corrected chi connectivity index (χ1v) is 4.46. The lowest BCUT2D eigenvalue weighted by molar-refractivity contribution is 0.195. The summed E-state index contributed by atoms with van der Waals surface area (Å²) < 4.78 is 12.3. The summed E-state index contributed by atoms with van der Waals surface area (Å²) in [6.45, 7) is 3.27. The molecule has 0 aromatic heterocycles. The number of hydrogen-bond acceptors (Lipinski definition) is 1. The minimum Gasteiger partial charge on any atom is -0.393 e. The van der Waals surface area contributed by atoms with Gasteiger partial charge in [0.15, 0.2) is 0 Å². The largest absolute Gasteiger partial charge is 0.393 e. The first-order valence-electron chi connectivity index (χ1n) is 4.46. The highest BCUT2D eigenvalue weighted by molar-refractivity contribution is 5.31. The van der Waals surface area contributed by atoms with E-state index in [4.69, 9.17) is 0 Å². The van der Waals surface area contributed by atoms with Crippen LogP contribution in [-0.4, -0.2) is 11.2 Å². The number of hydrogen-bond donors (Lipinski definition) is 1. The Morgan fingerprint density at radius 2 is 2.15 bits per heavy atom. The zero-order valence-electron chi connectivity index (χ0n) is 8.05. The van der Waals surface area contributed by atoms with Crippen molar-refractivity contribution in [1.82, 2.24) is 0 Å². The van der Waals surface area contributed by atoms with Gasteiger partial charge in [0.2, 0.25) is 0 Å². The number of halogens is 1. The van der Waals surface area contributed by atoms with Gasteiger partial charge in [0.1, 0.15) is 6.67 Å². The van der Waals surface area contributed by atoms with Crippen LogP contribution in [0.5, 0.6) is 0 Å². The van der Waals surface area contributed by atoms with Gasteiger partial charge in [0, 0.05) is 0 Å². The van der Waals surface area contributed by atoms with Crippen LogP contribution in [0.2, 0.25) is 0 Å². The minimum atomic E-state index is -0.437. The summed E-state index contributed by atoms with van der Waals surface area (Å²) in [7, 11) is 0. The monoisotopic (exact) mass is 182 g/mol. The van der Waals surface area contributed by atoms with E-state index < -0.39 is 6.67 Å². The number of alkyl halides is 1. The highest BCUT2D eigenvalue weighted by Crippen LogP contribution is 2.14. The van der Waals surface area contributed by atoms with Crippen LogP contribution in [0.25, 0.3) is 0 Å². The molecule has 0 spiro atoms. The van der Waals surface area contributed by atoms with Crippen LogP contribution >= 0.6 is 0 Å². The average Bonchev–Trinajstić information content (AvgIpc) is 2.08. The maximum Gasteiger partial charge on any atom is 0.115 e. The molecule has 0 saturated carbocycles. The second kappa shape index (κ2) is 4.38. The second-order valence-electron chi connectivity index (χ2n) is 3.45. The molecule has 0 aliphatic heterocycles. The van der Waals surface area contributed by atoms with Crippen molar-refractivity contribution >= 4 is 0 Å². The second-order valence-corrected chi connectivity index (χ2v) is 3.45. The van der Waals surface area contributed by atoms with Gasteiger partial charge in [-0.05, 0) is 37.0 Å². The minimum absolute atomic E-state index is 0.367. The van der Waals surface area contributed by atoms with E-state index in [9.17, 15) is 9.50 Å². The Hall–Kier alpha value is -0.890. The first kappa shape index (κ1) is 10.2. The molecule has 2 heteroatoms. The van der Waals surface area contributed by atoms with Crippen LogP contribution in [0.4, 0.5) is 4.39 Å². The molecule has 0 heterocycles. The van der Waals surface area contributed by atoms with Crippen molar-refractivity contribution < 1.29 is 9.50 Å². The van der Waals surface area contributed by atoms with Crippen molar-refractivity contribution in [3.63, 3.8) is 0 Å². The standard InChI is InChI=1S/C11H15FO/c1-8-3-4-10(7-12)6-11(8)5-9(2)13/h3-4,6,9,13H,5,7H2,1-2H3. The molecule has 1 unspecified atom stereocenters. The maximum atomic E-state index is 12.3. The summed E-state index contributed by atoms with van der Waals surface area (Å²) in [5.41, 5.74) is 2.82. The number of aryl methyl sites for hydroxylation is 1. The molecule has 0 fully saturated rings. The van der Waals surface area contributed by atoms with E-state index in [-0.39, 0.29) is 6.10 Å². The van der Waals surface area contributed by atoms with E-state index in [1.807, 2.05) is 19.1 Å². The lowest BCUT2D eigenvalue weighted by atomic mass is 10.0. The van der Waals surface area contributed by atoms with Gasteiger partial charge in [-0.3, -0.25) is 0 Å². The predicted molar refractivity (Wildman–Crippen MR) is 51.4 cm³/mol. The van der Waals surface area contributed by atoms with Crippen molar-refractivity contribution in [3.8, 4) is 0 Å². The molecule has 0 aliphatic carbocycles. The van der Waals surface area contributed by atoms with Gasteiger partial charge in [0.05, 0.1) is 6.10 Å². The van der Waals surface area contributed by atoms with Crippen LogP contribution in [0, 0.1) is 6.92 Å². The Morgan fingerprint density at radius 1 is 1.46 bits per heavy atom. The summed E-state index contributed by atoms with van der Waals surface area (Å²) >= 11 is 0. The van der Waals surface area contributed by atoms with Gasteiger partial charge in [-0.2, -0.15) is 0 Å². The smallest absolute Gasteiger partial charge is 0.115 e. The molecular weight excluding hydrogens is 167 g/mol. The molecule has 0 saturated heterocycles. The fraction of sp³-hybridized carbons (Fsp3) is 0.455.